The fraction of sp³-hybridized carbons (Fsp3) is 0.167. The summed E-state index contributed by atoms with van der Waals surface area (Å²) in [5, 5.41) is 1.81. The van der Waals surface area contributed by atoms with E-state index in [4.69, 9.17) is 0 Å². The monoisotopic (exact) mass is 276 g/mol. The third-order valence-corrected chi connectivity index (χ3v) is 4.28. The molecule has 1 heterocycles. The van der Waals surface area contributed by atoms with Crippen molar-refractivity contribution < 1.29 is 0 Å². The Bertz CT molecular complexity index is 908. The number of benzene rings is 2. The Labute approximate surface area is 122 Å². The van der Waals surface area contributed by atoms with Crippen LogP contribution in [0.2, 0.25) is 0 Å². The van der Waals surface area contributed by atoms with Crippen molar-refractivity contribution in [1.82, 2.24) is 9.88 Å². The number of nitrogens with zero attached hydrogens (tertiary/aromatic N) is 1. The number of H-pyrrole nitrogens is 1. The van der Waals surface area contributed by atoms with Crippen molar-refractivity contribution in [2.75, 3.05) is 14.1 Å². The second-order valence-corrected chi connectivity index (χ2v) is 5.74. The van der Waals surface area contributed by atoms with Gasteiger partial charge in [-0.05, 0) is 31.1 Å². The van der Waals surface area contributed by atoms with E-state index in [1.807, 2.05) is 30.3 Å². The van der Waals surface area contributed by atoms with Gasteiger partial charge < -0.3 is 4.98 Å². The first-order valence-electron chi connectivity index (χ1n) is 7.09. The van der Waals surface area contributed by atoms with E-state index in [1.54, 1.807) is 0 Å². The molecule has 0 fully saturated rings. The number of hydrogen-bond acceptors (Lipinski definition) is 2. The van der Waals surface area contributed by atoms with Gasteiger partial charge >= 0.3 is 0 Å². The number of hydrogen-bond donors (Lipinski definition) is 1. The maximum absolute atomic E-state index is 12.4. The number of fused-ring (bicyclic) bond motifs is 5. The van der Waals surface area contributed by atoms with Gasteiger partial charge in [0.05, 0.1) is 11.7 Å². The van der Waals surface area contributed by atoms with Crippen LogP contribution < -0.4 is 5.56 Å². The highest BCUT2D eigenvalue weighted by Crippen LogP contribution is 2.46. The van der Waals surface area contributed by atoms with Crippen LogP contribution >= 0.6 is 0 Å². The van der Waals surface area contributed by atoms with Gasteiger partial charge in [-0.15, -0.1) is 0 Å². The molecular weight excluding hydrogens is 260 g/mol. The summed E-state index contributed by atoms with van der Waals surface area (Å²) >= 11 is 0. The molecule has 3 nitrogen and oxygen atoms in total. The minimum absolute atomic E-state index is 0.0152. The molecule has 104 valence electrons. The van der Waals surface area contributed by atoms with Crippen molar-refractivity contribution in [3.05, 3.63) is 70.0 Å². The molecule has 0 saturated heterocycles. The molecule has 3 aromatic rings. The molecule has 1 aromatic heterocycles. The average Bonchev–Trinajstić information content (AvgIpc) is 2.82. The topological polar surface area (TPSA) is 36.1 Å². The third-order valence-electron chi connectivity index (χ3n) is 4.28. The molecule has 0 saturated carbocycles. The molecule has 0 radical (unpaired) electrons. The first kappa shape index (κ1) is 12.4. The van der Waals surface area contributed by atoms with Crippen molar-refractivity contribution in [2.45, 2.75) is 6.04 Å². The van der Waals surface area contributed by atoms with E-state index in [0.717, 1.165) is 22.0 Å². The molecule has 0 aliphatic heterocycles. The SMILES string of the molecule is CN(C)C1c2ccccc2-c2[nH]c(=O)c3ccccc3c21. The second kappa shape index (κ2) is 4.30. The van der Waals surface area contributed by atoms with Gasteiger partial charge in [-0.2, -0.15) is 0 Å². The van der Waals surface area contributed by atoms with Gasteiger partial charge in [0.1, 0.15) is 0 Å². The van der Waals surface area contributed by atoms with Gasteiger partial charge in [0.2, 0.25) is 0 Å². The standard InChI is InChI=1S/C18H16N2O/c1-20(2)17-13-9-5-4-8-12(13)16-15(17)11-7-3-6-10-14(11)18(21)19-16/h3-10,17H,1-2H3,(H,19,21). The van der Waals surface area contributed by atoms with E-state index in [2.05, 4.69) is 42.2 Å². The molecule has 1 aliphatic carbocycles. The molecule has 21 heavy (non-hydrogen) atoms. The van der Waals surface area contributed by atoms with E-state index < -0.39 is 0 Å². The minimum Gasteiger partial charge on any atom is -0.321 e. The molecule has 0 amide bonds. The molecule has 0 spiro atoms. The summed E-state index contributed by atoms with van der Waals surface area (Å²) in [6, 6.07) is 16.3. The fourth-order valence-electron chi connectivity index (χ4n) is 3.45. The Morgan fingerprint density at radius 1 is 0.952 bits per heavy atom. The summed E-state index contributed by atoms with van der Waals surface area (Å²) < 4.78 is 0. The van der Waals surface area contributed by atoms with Crippen LogP contribution in [-0.2, 0) is 0 Å². The number of rotatable bonds is 1. The van der Waals surface area contributed by atoms with E-state index in [-0.39, 0.29) is 11.6 Å². The molecule has 4 rings (SSSR count). The summed E-state index contributed by atoms with van der Waals surface area (Å²) in [5.41, 5.74) is 4.54. The van der Waals surface area contributed by atoms with Gasteiger partial charge in [-0.25, -0.2) is 0 Å². The highest BCUT2D eigenvalue weighted by Gasteiger charge is 2.32. The lowest BCUT2D eigenvalue weighted by molar-refractivity contribution is 0.349. The van der Waals surface area contributed by atoms with Crippen LogP contribution in [0.3, 0.4) is 0 Å². The lowest BCUT2D eigenvalue weighted by Crippen LogP contribution is -2.20. The second-order valence-electron chi connectivity index (χ2n) is 5.74. The van der Waals surface area contributed by atoms with Gasteiger partial charge in [0.25, 0.3) is 5.56 Å². The van der Waals surface area contributed by atoms with Gasteiger partial charge in [0.15, 0.2) is 0 Å². The zero-order valence-corrected chi connectivity index (χ0v) is 12.1. The zero-order chi connectivity index (χ0) is 14.6. The number of pyridine rings is 1. The smallest absolute Gasteiger partial charge is 0.256 e. The van der Waals surface area contributed by atoms with Crippen LogP contribution in [0.1, 0.15) is 17.2 Å². The van der Waals surface area contributed by atoms with Crippen molar-refractivity contribution in [3.8, 4) is 11.3 Å². The zero-order valence-electron chi connectivity index (χ0n) is 12.1. The molecule has 1 atom stereocenters. The molecule has 0 bridgehead atoms. The minimum atomic E-state index is -0.0152. The predicted octanol–water partition coefficient (Wildman–Crippen LogP) is 3.16. The van der Waals surface area contributed by atoms with E-state index in [9.17, 15) is 4.79 Å². The summed E-state index contributed by atoms with van der Waals surface area (Å²) in [7, 11) is 4.16. The number of aromatic nitrogens is 1. The molecular formula is C18H16N2O. The van der Waals surface area contributed by atoms with Crippen LogP contribution in [0, 0.1) is 0 Å². The predicted molar refractivity (Wildman–Crippen MR) is 85.5 cm³/mol. The lowest BCUT2D eigenvalue weighted by Gasteiger charge is -2.22. The summed E-state index contributed by atoms with van der Waals surface area (Å²) in [4.78, 5) is 17.6. The third kappa shape index (κ3) is 1.61. The van der Waals surface area contributed by atoms with Crippen molar-refractivity contribution in [2.24, 2.45) is 0 Å². The Morgan fingerprint density at radius 2 is 1.62 bits per heavy atom. The van der Waals surface area contributed by atoms with Crippen molar-refractivity contribution in [1.29, 1.82) is 0 Å². The molecule has 1 aliphatic rings. The van der Waals surface area contributed by atoms with Gasteiger partial charge in [-0.3, -0.25) is 9.69 Å². The Hall–Kier alpha value is -2.39. The quantitative estimate of drug-likeness (QED) is 0.741. The highest BCUT2D eigenvalue weighted by molar-refractivity contribution is 5.93. The molecule has 3 heteroatoms. The summed E-state index contributed by atoms with van der Waals surface area (Å²) in [6.07, 6.45) is 0. The number of nitrogens with one attached hydrogen (secondary N) is 1. The largest absolute Gasteiger partial charge is 0.321 e. The normalized spacial score (nSPS) is 16.2. The van der Waals surface area contributed by atoms with Gasteiger partial charge in [0, 0.05) is 16.5 Å². The first-order valence-corrected chi connectivity index (χ1v) is 7.09. The van der Waals surface area contributed by atoms with E-state index in [0.29, 0.717) is 0 Å². The molecule has 1 N–H and O–H groups in total. The van der Waals surface area contributed by atoms with E-state index >= 15 is 0 Å². The Balaban J connectivity index is 2.19. The highest BCUT2D eigenvalue weighted by atomic mass is 16.1. The van der Waals surface area contributed by atoms with Crippen LogP contribution in [-0.4, -0.2) is 24.0 Å². The van der Waals surface area contributed by atoms with Crippen LogP contribution in [0.5, 0.6) is 0 Å². The fourth-order valence-corrected chi connectivity index (χ4v) is 3.45. The lowest BCUT2D eigenvalue weighted by atomic mass is 10.00. The van der Waals surface area contributed by atoms with Crippen LogP contribution in [0.4, 0.5) is 0 Å². The van der Waals surface area contributed by atoms with Crippen molar-refractivity contribution >= 4 is 10.8 Å². The summed E-state index contributed by atoms with van der Waals surface area (Å²) in [6.45, 7) is 0. The van der Waals surface area contributed by atoms with Crippen molar-refractivity contribution in [3.63, 3.8) is 0 Å². The molecule has 1 unspecified atom stereocenters. The summed E-state index contributed by atoms with van der Waals surface area (Å²) in [5.74, 6) is 0. The van der Waals surface area contributed by atoms with Gasteiger partial charge in [-0.1, -0.05) is 42.5 Å². The van der Waals surface area contributed by atoms with Crippen LogP contribution in [0.25, 0.3) is 22.0 Å². The maximum Gasteiger partial charge on any atom is 0.256 e. The Morgan fingerprint density at radius 3 is 2.38 bits per heavy atom. The van der Waals surface area contributed by atoms with Crippen LogP contribution in [0.15, 0.2) is 53.3 Å². The Kier molecular flexibility index (Phi) is 2.53. The number of aromatic amines is 1. The average molecular weight is 276 g/mol. The maximum atomic E-state index is 12.4. The molecule has 2 aromatic carbocycles. The first-order chi connectivity index (χ1) is 10.2. The van der Waals surface area contributed by atoms with E-state index in [1.165, 1.54) is 11.1 Å².